The molecule has 1 aromatic rings. The van der Waals surface area contributed by atoms with Crippen LogP contribution < -0.4 is 15.5 Å². The number of anilines is 1. The zero-order valence-corrected chi connectivity index (χ0v) is 13.0. The van der Waals surface area contributed by atoms with Gasteiger partial charge in [-0.25, -0.2) is 0 Å². The number of hydrogen-bond acceptors (Lipinski definition) is 3. The molecule has 0 saturated carbocycles. The van der Waals surface area contributed by atoms with Gasteiger partial charge in [0.1, 0.15) is 0 Å². The number of rotatable bonds is 3. The molecule has 1 aromatic heterocycles. The number of morpholine rings is 1. The summed E-state index contributed by atoms with van der Waals surface area (Å²) in [5.74, 6) is 1.74. The molecule has 0 radical (unpaired) electrons. The van der Waals surface area contributed by atoms with Crippen molar-refractivity contribution in [3.05, 3.63) is 22.7 Å². The quantitative estimate of drug-likeness (QED) is 0.917. The van der Waals surface area contributed by atoms with Gasteiger partial charge in [0, 0.05) is 18.3 Å². The minimum atomic E-state index is 0.319. The van der Waals surface area contributed by atoms with Crippen molar-refractivity contribution < 1.29 is 4.74 Å². The van der Waals surface area contributed by atoms with Crippen molar-refractivity contribution in [2.75, 3.05) is 24.6 Å². The molecule has 4 nitrogen and oxygen atoms in total. The first kappa shape index (κ1) is 14.4. The fourth-order valence-corrected chi connectivity index (χ4v) is 3.08. The maximum absolute atomic E-state index is 5.89. The van der Waals surface area contributed by atoms with Crippen LogP contribution in [0.25, 0.3) is 12.2 Å². The fourth-order valence-electron chi connectivity index (χ4n) is 3.08. The summed E-state index contributed by atoms with van der Waals surface area (Å²) in [4.78, 5) is 2.37. The van der Waals surface area contributed by atoms with E-state index in [4.69, 9.17) is 4.74 Å². The molecule has 0 spiro atoms. The van der Waals surface area contributed by atoms with Crippen molar-refractivity contribution in [3.8, 4) is 0 Å². The Morgan fingerprint density at radius 3 is 3.19 bits per heavy atom. The van der Waals surface area contributed by atoms with Crippen molar-refractivity contribution in [1.82, 2.24) is 10.2 Å². The lowest BCUT2D eigenvalue weighted by molar-refractivity contribution is 0.0273. The average molecular weight is 287 g/mol. The van der Waals surface area contributed by atoms with E-state index in [9.17, 15) is 0 Å². The molecule has 4 heteroatoms. The second-order valence-corrected chi connectivity index (χ2v) is 6.32. The monoisotopic (exact) mass is 287 g/mol. The molecule has 0 aromatic carbocycles. The second-order valence-electron chi connectivity index (χ2n) is 6.32. The Morgan fingerprint density at radius 2 is 2.33 bits per heavy atom. The van der Waals surface area contributed by atoms with Gasteiger partial charge in [-0.2, -0.15) is 5.10 Å². The molecule has 1 atom stereocenters. The Bertz CT molecular complexity index is 614. The molecule has 2 aliphatic rings. The number of H-pyrrole nitrogens is 1. The summed E-state index contributed by atoms with van der Waals surface area (Å²) < 4.78 is 5.89. The van der Waals surface area contributed by atoms with Gasteiger partial charge in [-0.3, -0.25) is 5.10 Å². The van der Waals surface area contributed by atoms with Gasteiger partial charge in [-0.05, 0) is 31.3 Å². The number of aromatic amines is 1. The van der Waals surface area contributed by atoms with Gasteiger partial charge < -0.3 is 9.64 Å². The minimum absolute atomic E-state index is 0.319. The van der Waals surface area contributed by atoms with Gasteiger partial charge in [-0.1, -0.05) is 32.1 Å². The van der Waals surface area contributed by atoms with Crippen LogP contribution in [0.5, 0.6) is 0 Å². The summed E-state index contributed by atoms with van der Waals surface area (Å²) in [5, 5.41) is 10.1. The normalized spacial score (nSPS) is 22.2. The predicted molar refractivity (Wildman–Crippen MR) is 86.5 cm³/mol. The van der Waals surface area contributed by atoms with Crippen LogP contribution in [0.15, 0.2) is 12.2 Å². The average Bonchev–Trinajstić information content (AvgIpc) is 2.80. The molecule has 3 rings (SSSR count). The van der Waals surface area contributed by atoms with Crippen LogP contribution in [0.4, 0.5) is 5.82 Å². The number of aromatic nitrogens is 2. The standard InChI is InChI=1S/C17H25N3O/c1-13(2)11-14-12-20(9-10-21-14)17-15-7-5-3-4-6-8-16(15)18-19-17/h3,5,7-8,13-14,18H,4,6,9-12H2,1-2H3. The summed E-state index contributed by atoms with van der Waals surface area (Å²) >= 11 is 0. The van der Waals surface area contributed by atoms with Crippen molar-refractivity contribution in [2.45, 2.75) is 39.2 Å². The summed E-state index contributed by atoms with van der Waals surface area (Å²) in [5.41, 5.74) is 0. The van der Waals surface area contributed by atoms with E-state index in [1.807, 2.05) is 0 Å². The van der Waals surface area contributed by atoms with Crippen molar-refractivity contribution >= 4 is 18.0 Å². The van der Waals surface area contributed by atoms with Gasteiger partial charge in [0.05, 0.1) is 18.1 Å². The molecule has 114 valence electrons. The number of allylic oxidation sites excluding steroid dienone is 2. The Kier molecular flexibility index (Phi) is 4.44. The molecule has 1 aliphatic heterocycles. The summed E-state index contributed by atoms with van der Waals surface area (Å²) in [6.07, 6.45) is 12.4. The number of nitrogens with one attached hydrogen (secondary N) is 1. The highest BCUT2D eigenvalue weighted by Crippen LogP contribution is 2.16. The predicted octanol–water partition coefficient (Wildman–Crippen LogP) is 1.57. The highest BCUT2D eigenvalue weighted by Gasteiger charge is 2.23. The van der Waals surface area contributed by atoms with E-state index in [0.29, 0.717) is 12.0 Å². The molecule has 2 heterocycles. The lowest BCUT2D eigenvalue weighted by atomic mass is 10.0. The Labute approximate surface area is 126 Å². The van der Waals surface area contributed by atoms with Crippen molar-refractivity contribution in [2.24, 2.45) is 5.92 Å². The number of ether oxygens (including phenoxy) is 1. The lowest BCUT2D eigenvalue weighted by Crippen LogP contribution is -2.45. The lowest BCUT2D eigenvalue weighted by Gasteiger charge is -2.33. The van der Waals surface area contributed by atoms with Crippen molar-refractivity contribution in [3.63, 3.8) is 0 Å². The molecule has 0 amide bonds. The van der Waals surface area contributed by atoms with E-state index < -0.39 is 0 Å². The third-order valence-electron chi connectivity index (χ3n) is 4.07. The summed E-state index contributed by atoms with van der Waals surface area (Å²) in [6, 6.07) is 0. The zero-order chi connectivity index (χ0) is 14.7. The van der Waals surface area contributed by atoms with Crippen LogP contribution in [-0.4, -0.2) is 36.0 Å². The highest BCUT2D eigenvalue weighted by atomic mass is 16.5. The summed E-state index contributed by atoms with van der Waals surface area (Å²) in [7, 11) is 0. The zero-order valence-electron chi connectivity index (χ0n) is 13.0. The molecule has 0 bridgehead atoms. The third-order valence-corrected chi connectivity index (χ3v) is 4.07. The Hall–Kier alpha value is -1.55. The molecular weight excluding hydrogens is 262 g/mol. The van der Waals surface area contributed by atoms with E-state index in [1.54, 1.807) is 0 Å². The molecule has 1 aliphatic carbocycles. The van der Waals surface area contributed by atoms with Crippen LogP contribution in [0.3, 0.4) is 0 Å². The Balaban J connectivity index is 1.86. The molecule has 1 saturated heterocycles. The fraction of sp³-hybridized carbons (Fsp3) is 0.588. The van der Waals surface area contributed by atoms with Crippen LogP contribution in [0.1, 0.15) is 33.1 Å². The van der Waals surface area contributed by atoms with Gasteiger partial charge in [-0.15, -0.1) is 0 Å². The van der Waals surface area contributed by atoms with Gasteiger partial charge in [0.25, 0.3) is 0 Å². The van der Waals surface area contributed by atoms with E-state index in [0.717, 1.165) is 50.1 Å². The van der Waals surface area contributed by atoms with E-state index in [-0.39, 0.29) is 0 Å². The van der Waals surface area contributed by atoms with Gasteiger partial charge >= 0.3 is 0 Å². The number of nitrogens with zero attached hydrogens (tertiary/aromatic N) is 2. The topological polar surface area (TPSA) is 41.2 Å². The third kappa shape index (κ3) is 3.38. The summed E-state index contributed by atoms with van der Waals surface area (Å²) in [6.45, 7) is 7.15. The molecular formula is C17H25N3O. The first-order chi connectivity index (χ1) is 10.2. The second kappa shape index (κ2) is 6.48. The van der Waals surface area contributed by atoms with E-state index >= 15 is 0 Å². The maximum atomic E-state index is 5.89. The van der Waals surface area contributed by atoms with Crippen LogP contribution in [-0.2, 0) is 4.74 Å². The van der Waals surface area contributed by atoms with Gasteiger partial charge in [0.2, 0.25) is 0 Å². The Morgan fingerprint density at radius 1 is 1.43 bits per heavy atom. The minimum Gasteiger partial charge on any atom is -0.375 e. The molecule has 1 fully saturated rings. The maximum Gasteiger partial charge on any atom is 0.158 e. The van der Waals surface area contributed by atoms with Crippen LogP contribution >= 0.6 is 0 Å². The molecule has 21 heavy (non-hydrogen) atoms. The van der Waals surface area contributed by atoms with E-state index in [2.05, 4.69) is 53.2 Å². The molecule has 1 N–H and O–H groups in total. The SMILES string of the molecule is CC(C)CC1CN(c2n[nH]c3c2=CC=CCCC=3)CCO1. The molecule has 1 unspecified atom stereocenters. The number of hydrogen-bond donors (Lipinski definition) is 1. The highest BCUT2D eigenvalue weighted by molar-refractivity contribution is 5.51. The van der Waals surface area contributed by atoms with Gasteiger partial charge in [0.15, 0.2) is 5.82 Å². The smallest absolute Gasteiger partial charge is 0.158 e. The van der Waals surface area contributed by atoms with Crippen LogP contribution in [0, 0.1) is 5.92 Å². The van der Waals surface area contributed by atoms with E-state index in [1.165, 1.54) is 5.22 Å². The largest absolute Gasteiger partial charge is 0.375 e. The van der Waals surface area contributed by atoms with Crippen LogP contribution in [0.2, 0.25) is 0 Å². The number of fused-ring (bicyclic) bond motifs is 1. The van der Waals surface area contributed by atoms with Crippen molar-refractivity contribution in [1.29, 1.82) is 0 Å². The first-order valence-electron chi connectivity index (χ1n) is 8.02. The first-order valence-corrected chi connectivity index (χ1v) is 8.02.